The molecule has 6 heteroatoms. The van der Waals surface area contributed by atoms with Gasteiger partial charge in [0.2, 0.25) is 0 Å². The van der Waals surface area contributed by atoms with Crippen molar-refractivity contribution in [3.05, 3.63) is 35.5 Å². The Labute approximate surface area is 134 Å². The van der Waals surface area contributed by atoms with Crippen LogP contribution in [-0.2, 0) is 10.2 Å². The SMILES string of the molecule is CC(C)(C)c1ccc2[nH]c(C(=O)N3CC(O)(C(N)=O)C3)cc2c1. The normalized spacial score (nSPS) is 17.1. The van der Waals surface area contributed by atoms with E-state index in [0.29, 0.717) is 5.69 Å². The number of fused-ring (bicyclic) bond motifs is 1. The first-order valence-electron chi connectivity index (χ1n) is 7.55. The fourth-order valence-corrected chi connectivity index (χ4v) is 2.77. The first-order valence-corrected chi connectivity index (χ1v) is 7.55. The summed E-state index contributed by atoms with van der Waals surface area (Å²) < 4.78 is 0. The minimum atomic E-state index is -1.60. The summed E-state index contributed by atoms with van der Waals surface area (Å²) in [4.78, 5) is 28.0. The number of nitrogens with one attached hydrogen (secondary N) is 1. The van der Waals surface area contributed by atoms with E-state index in [0.717, 1.165) is 10.9 Å². The molecule has 2 heterocycles. The van der Waals surface area contributed by atoms with Gasteiger partial charge in [0.25, 0.3) is 11.8 Å². The van der Waals surface area contributed by atoms with E-state index in [9.17, 15) is 14.7 Å². The third-order valence-corrected chi connectivity index (χ3v) is 4.37. The highest BCUT2D eigenvalue weighted by atomic mass is 16.3. The lowest BCUT2D eigenvalue weighted by molar-refractivity contribution is -0.151. The van der Waals surface area contributed by atoms with E-state index >= 15 is 0 Å². The Morgan fingerprint density at radius 2 is 1.91 bits per heavy atom. The van der Waals surface area contributed by atoms with Crippen molar-refractivity contribution in [2.75, 3.05) is 13.1 Å². The second-order valence-corrected chi connectivity index (χ2v) is 7.29. The fraction of sp³-hybridized carbons (Fsp3) is 0.412. The summed E-state index contributed by atoms with van der Waals surface area (Å²) in [5.41, 5.74) is 6.07. The standard InChI is InChI=1S/C17H21N3O3/c1-16(2,3)11-4-5-12-10(6-11)7-13(19-12)14(21)20-8-17(23,9-20)15(18)22/h4-7,19,23H,8-9H2,1-3H3,(H2,18,22). The molecular formula is C17H21N3O3. The number of rotatable bonds is 2. The van der Waals surface area contributed by atoms with Gasteiger partial charge >= 0.3 is 0 Å². The summed E-state index contributed by atoms with van der Waals surface area (Å²) in [6, 6.07) is 7.87. The van der Waals surface area contributed by atoms with Gasteiger partial charge in [-0.15, -0.1) is 0 Å². The van der Waals surface area contributed by atoms with Crippen LogP contribution in [0.1, 0.15) is 36.8 Å². The van der Waals surface area contributed by atoms with Crippen molar-refractivity contribution in [3.63, 3.8) is 0 Å². The van der Waals surface area contributed by atoms with Crippen molar-refractivity contribution in [2.45, 2.75) is 31.8 Å². The molecule has 0 spiro atoms. The monoisotopic (exact) mass is 315 g/mol. The van der Waals surface area contributed by atoms with E-state index in [1.54, 1.807) is 6.07 Å². The van der Waals surface area contributed by atoms with Gasteiger partial charge in [-0.3, -0.25) is 9.59 Å². The van der Waals surface area contributed by atoms with E-state index in [1.807, 2.05) is 12.1 Å². The maximum absolute atomic E-state index is 12.4. The molecular weight excluding hydrogens is 294 g/mol. The highest BCUT2D eigenvalue weighted by Gasteiger charge is 2.48. The van der Waals surface area contributed by atoms with E-state index < -0.39 is 11.5 Å². The van der Waals surface area contributed by atoms with Crippen LogP contribution in [0.4, 0.5) is 0 Å². The number of primary amides is 1. The van der Waals surface area contributed by atoms with Crippen molar-refractivity contribution in [3.8, 4) is 0 Å². The molecule has 0 unspecified atom stereocenters. The minimum Gasteiger partial charge on any atom is -0.377 e. The first kappa shape index (κ1) is 15.6. The quantitative estimate of drug-likeness (QED) is 0.775. The maximum atomic E-state index is 12.4. The predicted molar refractivity (Wildman–Crippen MR) is 87.0 cm³/mol. The van der Waals surface area contributed by atoms with Crippen molar-refractivity contribution >= 4 is 22.7 Å². The number of carbonyl (C=O) groups excluding carboxylic acids is 2. The first-order chi connectivity index (χ1) is 10.6. The van der Waals surface area contributed by atoms with Crippen LogP contribution in [0.25, 0.3) is 10.9 Å². The Morgan fingerprint density at radius 1 is 1.26 bits per heavy atom. The molecule has 122 valence electrons. The number of benzene rings is 1. The van der Waals surface area contributed by atoms with Crippen molar-refractivity contribution in [1.29, 1.82) is 0 Å². The highest BCUT2D eigenvalue weighted by Crippen LogP contribution is 2.28. The summed E-state index contributed by atoms with van der Waals surface area (Å²) in [7, 11) is 0. The summed E-state index contributed by atoms with van der Waals surface area (Å²) in [5, 5.41) is 10.8. The fourth-order valence-electron chi connectivity index (χ4n) is 2.77. The lowest BCUT2D eigenvalue weighted by atomic mass is 9.86. The smallest absolute Gasteiger partial charge is 0.270 e. The van der Waals surface area contributed by atoms with E-state index in [1.165, 1.54) is 10.5 Å². The van der Waals surface area contributed by atoms with Gasteiger partial charge in [0.05, 0.1) is 13.1 Å². The zero-order chi connectivity index (χ0) is 17.0. The van der Waals surface area contributed by atoms with Gasteiger partial charge in [-0.2, -0.15) is 0 Å². The van der Waals surface area contributed by atoms with Gasteiger partial charge in [-0.1, -0.05) is 26.8 Å². The van der Waals surface area contributed by atoms with E-state index in [4.69, 9.17) is 5.73 Å². The second-order valence-electron chi connectivity index (χ2n) is 7.29. The number of nitrogens with two attached hydrogens (primary N) is 1. The number of carbonyl (C=O) groups is 2. The summed E-state index contributed by atoms with van der Waals surface area (Å²) in [6.45, 7) is 6.28. The minimum absolute atomic E-state index is 0.0328. The molecule has 1 aromatic carbocycles. The van der Waals surface area contributed by atoms with Gasteiger partial charge < -0.3 is 20.7 Å². The third-order valence-electron chi connectivity index (χ3n) is 4.37. The molecule has 6 nitrogen and oxygen atoms in total. The lowest BCUT2D eigenvalue weighted by Gasteiger charge is -2.43. The largest absolute Gasteiger partial charge is 0.377 e. The summed E-state index contributed by atoms with van der Waals surface area (Å²) >= 11 is 0. The van der Waals surface area contributed by atoms with Crippen LogP contribution in [-0.4, -0.2) is 45.5 Å². The number of H-pyrrole nitrogens is 1. The van der Waals surface area contributed by atoms with Crippen LogP contribution in [0, 0.1) is 0 Å². The van der Waals surface area contributed by atoms with Crippen LogP contribution in [0.5, 0.6) is 0 Å². The van der Waals surface area contributed by atoms with Gasteiger partial charge in [0.15, 0.2) is 5.60 Å². The Morgan fingerprint density at radius 3 is 2.48 bits per heavy atom. The van der Waals surface area contributed by atoms with Gasteiger partial charge in [0.1, 0.15) is 5.69 Å². The molecule has 2 aromatic rings. The van der Waals surface area contributed by atoms with Crippen LogP contribution in [0.15, 0.2) is 24.3 Å². The average molecular weight is 315 g/mol. The van der Waals surface area contributed by atoms with E-state index in [2.05, 4.69) is 31.8 Å². The van der Waals surface area contributed by atoms with Crippen LogP contribution >= 0.6 is 0 Å². The second kappa shape index (κ2) is 4.83. The van der Waals surface area contributed by atoms with Gasteiger partial charge in [-0.05, 0) is 29.2 Å². The molecule has 0 bridgehead atoms. The number of likely N-dealkylation sites (tertiary alicyclic amines) is 1. The van der Waals surface area contributed by atoms with Crippen LogP contribution in [0.3, 0.4) is 0 Å². The van der Waals surface area contributed by atoms with Crippen molar-refractivity contribution < 1.29 is 14.7 Å². The molecule has 1 aliphatic heterocycles. The summed E-state index contributed by atoms with van der Waals surface area (Å²) in [5.74, 6) is -1.04. The number of nitrogens with zero attached hydrogens (tertiary/aromatic N) is 1. The lowest BCUT2D eigenvalue weighted by Crippen LogP contribution is -2.69. The molecule has 1 aliphatic rings. The number of β-amino-alcohol motifs (C(OH)–C–C–N with tert-alkyl or cyclic N) is 1. The van der Waals surface area contributed by atoms with E-state index in [-0.39, 0.29) is 24.4 Å². The Kier molecular flexibility index (Phi) is 3.26. The molecule has 0 atom stereocenters. The zero-order valence-electron chi connectivity index (χ0n) is 13.5. The average Bonchev–Trinajstić information content (AvgIpc) is 2.84. The molecule has 0 aliphatic carbocycles. The highest BCUT2D eigenvalue weighted by molar-refractivity contribution is 6.00. The number of aromatic nitrogens is 1. The molecule has 2 amide bonds. The maximum Gasteiger partial charge on any atom is 0.270 e. The Bertz CT molecular complexity index is 795. The van der Waals surface area contributed by atoms with Gasteiger partial charge in [-0.25, -0.2) is 0 Å². The molecule has 1 fully saturated rings. The number of aromatic amines is 1. The van der Waals surface area contributed by atoms with Gasteiger partial charge in [0, 0.05) is 10.9 Å². The number of amides is 2. The summed E-state index contributed by atoms with van der Waals surface area (Å²) in [6.07, 6.45) is 0. The molecule has 4 N–H and O–H groups in total. The molecule has 1 aromatic heterocycles. The molecule has 23 heavy (non-hydrogen) atoms. The van der Waals surface area contributed by atoms with Crippen LogP contribution in [0.2, 0.25) is 0 Å². The topological polar surface area (TPSA) is 99.4 Å². The Balaban J connectivity index is 1.84. The Hall–Kier alpha value is -2.34. The van der Waals surface area contributed by atoms with Crippen LogP contribution < -0.4 is 5.73 Å². The van der Waals surface area contributed by atoms with Crippen molar-refractivity contribution in [1.82, 2.24) is 9.88 Å². The molecule has 1 saturated heterocycles. The zero-order valence-corrected chi connectivity index (χ0v) is 13.5. The number of hydrogen-bond acceptors (Lipinski definition) is 3. The van der Waals surface area contributed by atoms with Crippen molar-refractivity contribution in [2.24, 2.45) is 5.73 Å². The number of hydrogen-bond donors (Lipinski definition) is 3. The predicted octanol–water partition coefficient (Wildman–Crippen LogP) is 1.14. The molecule has 3 rings (SSSR count). The number of aliphatic hydroxyl groups is 1. The molecule has 0 radical (unpaired) electrons. The third kappa shape index (κ3) is 2.59. The molecule has 0 saturated carbocycles.